The second kappa shape index (κ2) is 6.14. The van der Waals surface area contributed by atoms with Crippen molar-refractivity contribution in [3.63, 3.8) is 0 Å². The van der Waals surface area contributed by atoms with Gasteiger partial charge in [-0.25, -0.2) is 8.42 Å². The number of hydrogen-bond acceptors (Lipinski definition) is 7. The average molecular weight is 381 g/mol. The molecule has 2 aromatic carbocycles. The molecule has 1 aliphatic rings. The molecule has 0 bridgehead atoms. The Morgan fingerprint density at radius 2 is 2.11 bits per heavy atom. The molecule has 7 nitrogen and oxygen atoms in total. The van der Waals surface area contributed by atoms with Crippen LogP contribution >= 0.6 is 0 Å². The molecule has 0 spiro atoms. The van der Waals surface area contributed by atoms with Crippen LogP contribution in [0, 0.1) is 11.3 Å². The highest BCUT2D eigenvalue weighted by Gasteiger charge is 2.29. The SMILES string of the molecule is COc1cc(O)cc(Nc2c(C#N)cnc3ccc4c(c23)CCS4(=O)=O)c1. The number of rotatable bonds is 3. The first-order valence-electron chi connectivity index (χ1n) is 8.15. The Hall–Kier alpha value is -3.31. The summed E-state index contributed by atoms with van der Waals surface area (Å²) < 4.78 is 29.7. The third-order valence-electron chi connectivity index (χ3n) is 4.57. The maximum absolute atomic E-state index is 12.3. The van der Waals surface area contributed by atoms with E-state index in [2.05, 4.69) is 16.4 Å². The van der Waals surface area contributed by atoms with Crippen LogP contribution in [0.1, 0.15) is 11.1 Å². The Bertz CT molecular complexity index is 1230. The Morgan fingerprint density at radius 1 is 1.30 bits per heavy atom. The van der Waals surface area contributed by atoms with Crippen molar-refractivity contribution in [1.29, 1.82) is 5.26 Å². The fourth-order valence-corrected chi connectivity index (χ4v) is 4.90. The van der Waals surface area contributed by atoms with Crippen LogP contribution in [0.5, 0.6) is 11.5 Å². The number of phenols is 1. The molecule has 136 valence electrons. The van der Waals surface area contributed by atoms with E-state index in [1.54, 1.807) is 18.2 Å². The quantitative estimate of drug-likeness (QED) is 0.717. The van der Waals surface area contributed by atoms with E-state index in [1.165, 1.54) is 25.4 Å². The van der Waals surface area contributed by atoms with Crippen molar-refractivity contribution in [1.82, 2.24) is 4.98 Å². The van der Waals surface area contributed by atoms with Gasteiger partial charge in [-0.3, -0.25) is 4.98 Å². The Labute approximate surface area is 155 Å². The minimum atomic E-state index is -3.32. The molecule has 0 atom stereocenters. The molecule has 0 unspecified atom stereocenters. The number of sulfone groups is 1. The van der Waals surface area contributed by atoms with Crippen LogP contribution in [0.2, 0.25) is 0 Å². The number of nitriles is 1. The first-order valence-corrected chi connectivity index (χ1v) is 9.80. The number of aromatic nitrogens is 1. The predicted octanol–water partition coefficient (Wildman–Crippen LogP) is 2.89. The zero-order chi connectivity index (χ0) is 19.2. The van der Waals surface area contributed by atoms with Crippen molar-refractivity contribution in [2.45, 2.75) is 11.3 Å². The van der Waals surface area contributed by atoms with Crippen LogP contribution in [-0.4, -0.2) is 31.4 Å². The van der Waals surface area contributed by atoms with E-state index in [-0.39, 0.29) is 22.0 Å². The van der Waals surface area contributed by atoms with Gasteiger partial charge in [0, 0.05) is 35.5 Å². The van der Waals surface area contributed by atoms with E-state index in [1.807, 2.05) is 0 Å². The van der Waals surface area contributed by atoms with Gasteiger partial charge in [-0.1, -0.05) is 0 Å². The van der Waals surface area contributed by atoms with Gasteiger partial charge < -0.3 is 15.2 Å². The highest BCUT2D eigenvalue weighted by Crippen LogP contribution is 2.39. The van der Waals surface area contributed by atoms with E-state index in [9.17, 15) is 18.8 Å². The number of anilines is 2. The largest absolute Gasteiger partial charge is 0.508 e. The molecule has 8 heteroatoms. The maximum Gasteiger partial charge on any atom is 0.179 e. The molecule has 0 radical (unpaired) electrons. The number of ether oxygens (including phenoxy) is 1. The van der Waals surface area contributed by atoms with Crippen molar-refractivity contribution in [3.8, 4) is 17.6 Å². The monoisotopic (exact) mass is 381 g/mol. The maximum atomic E-state index is 12.3. The summed E-state index contributed by atoms with van der Waals surface area (Å²) in [6.45, 7) is 0. The number of methoxy groups -OCH3 is 1. The lowest BCUT2D eigenvalue weighted by atomic mass is 10.0. The molecule has 2 N–H and O–H groups in total. The highest BCUT2D eigenvalue weighted by atomic mass is 32.2. The Morgan fingerprint density at radius 3 is 2.85 bits per heavy atom. The molecule has 0 amide bonds. The smallest absolute Gasteiger partial charge is 0.179 e. The molecule has 0 fully saturated rings. The number of hydrogen-bond donors (Lipinski definition) is 2. The third-order valence-corrected chi connectivity index (χ3v) is 6.37. The number of nitrogens with zero attached hydrogens (tertiary/aromatic N) is 2. The molecule has 0 saturated heterocycles. The van der Waals surface area contributed by atoms with E-state index < -0.39 is 9.84 Å². The number of nitrogens with one attached hydrogen (secondary N) is 1. The summed E-state index contributed by atoms with van der Waals surface area (Å²) in [6, 6.07) is 9.94. The van der Waals surface area contributed by atoms with Crippen LogP contribution < -0.4 is 10.1 Å². The standard InChI is InChI=1S/C19H15N3O4S/c1-26-14-7-12(6-13(23)8-14)22-19-11(9-20)10-21-16-2-3-17-15(18(16)19)4-5-27(17,24)25/h2-3,6-8,10,23H,4-5H2,1H3,(H,21,22). The molecule has 27 heavy (non-hydrogen) atoms. The topological polar surface area (TPSA) is 112 Å². The van der Waals surface area contributed by atoms with Gasteiger partial charge in [0.2, 0.25) is 0 Å². The molecular formula is C19H15N3O4S. The summed E-state index contributed by atoms with van der Waals surface area (Å²) >= 11 is 0. The van der Waals surface area contributed by atoms with Gasteiger partial charge in [0.05, 0.1) is 34.5 Å². The summed E-state index contributed by atoms with van der Waals surface area (Å²) in [6.07, 6.45) is 1.81. The van der Waals surface area contributed by atoms with E-state index >= 15 is 0 Å². The number of aryl methyl sites for hydroxylation is 1. The summed E-state index contributed by atoms with van der Waals surface area (Å²) in [4.78, 5) is 4.58. The zero-order valence-electron chi connectivity index (χ0n) is 14.4. The lowest BCUT2D eigenvalue weighted by molar-refractivity contribution is 0.408. The minimum absolute atomic E-state index is 0.00141. The second-order valence-electron chi connectivity index (χ2n) is 6.21. The molecule has 0 saturated carbocycles. The zero-order valence-corrected chi connectivity index (χ0v) is 15.2. The van der Waals surface area contributed by atoms with Crippen molar-refractivity contribution in [2.75, 3.05) is 18.2 Å². The van der Waals surface area contributed by atoms with Gasteiger partial charge in [-0.2, -0.15) is 5.26 Å². The average Bonchev–Trinajstić information content (AvgIpc) is 2.96. The summed E-state index contributed by atoms with van der Waals surface area (Å²) in [5.74, 6) is 0.487. The molecule has 1 aromatic heterocycles. The van der Waals surface area contributed by atoms with Crippen LogP contribution in [0.25, 0.3) is 10.9 Å². The fraction of sp³-hybridized carbons (Fsp3) is 0.158. The Kier molecular flexibility index (Phi) is 3.89. The lowest BCUT2D eigenvalue weighted by Gasteiger charge is -2.15. The highest BCUT2D eigenvalue weighted by molar-refractivity contribution is 7.91. The molecule has 4 rings (SSSR count). The van der Waals surface area contributed by atoms with E-state index in [0.717, 1.165) is 0 Å². The minimum Gasteiger partial charge on any atom is -0.508 e. The number of fused-ring (bicyclic) bond motifs is 3. The van der Waals surface area contributed by atoms with Crippen LogP contribution in [0.4, 0.5) is 11.4 Å². The van der Waals surface area contributed by atoms with E-state index in [0.29, 0.717) is 40.0 Å². The van der Waals surface area contributed by atoms with Crippen molar-refractivity contribution >= 4 is 32.1 Å². The second-order valence-corrected chi connectivity index (χ2v) is 8.29. The van der Waals surface area contributed by atoms with Crippen LogP contribution in [0.3, 0.4) is 0 Å². The summed E-state index contributed by atoms with van der Waals surface area (Å²) in [7, 11) is -1.84. The summed E-state index contributed by atoms with van der Waals surface area (Å²) in [5, 5.41) is 23.2. The van der Waals surface area contributed by atoms with Crippen molar-refractivity contribution in [2.24, 2.45) is 0 Å². The van der Waals surface area contributed by atoms with Gasteiger partial charge >= 0.3 is 0 Å². The van der Waals surface area contributed by atoms with Crippen molar-refractivity contribution < 1.29 is 18.3 Å². The van der Waals surface area contributed by atoms with Crippen LogP contribution in [-0.2, 0) is 16.3 Å². The predicted molar refractivity (Wildman–Crippen MR) is 100 cm³/mol. The molecular weight excluding hydrogens is 366 g/mol. The molecule has 2 heterocycles. The van der Waals surface area contributed by atoms with Gasteiger partial charge in [-0.05, 0) is 24.1 Å². The molecule has 0 aliphatic carbocycles. The molecule has 3 aromatic rings. The van der Waals surface area contributed by atoms with Crippen LogP contribution in [0.15, 0.2) is 41.4 Å². The Balaban J connectivity index is 1.98. The number of pyridine rings is 1. The number of phenolic OH excluding ortho intramolecular Hbond substituents is 1. The van der Waals surface area contributed by atoms with Gasteiger partial charge in [0.15, 0.2) is 9.84 Å². The summed E-state index contributed by atoms with van der Waals surface area (Å²) in [5.41, 5.74) is 2.51. The third kappa shape index (κ3) is 2.82. The van der Waals surface area contributed by atoms with Gasteiger partial charge in [0.1, 0.15) is 17.6 Å². The normalized spacial score (nSPS) is 14.5. The molecule has 1 aliphatic heterocycles. The number of benzene rings is 2. The number of aromatic hydroxyl groups is 1. The van der Waals surface area contributed by atoms with Gasteiger partial charge in [-0.15, -0.1) is 0 Å². The van der Waals surface area contributed by atoms with E-state index in [4.69, 9.17) is 4.74 Å². The van der Waals surface area contributed by atoms with Crippen molar-refractivity contribution in [3.05, 3.63) is 47.7 Å². The first-order chi connectivity index (χ1) is 12.9. The first kappa shape index (κ1) is 17.1. The fourth-order valence-electron chi connectivity index (χ4n) is 3.35. The lowest BCUT2D eigenvalue weighted by Crippen LogP contribution is -2.00. The van der Waals surface area contributed by atoms with Gasteiger partial charge in [0.25, 0.3) is 0 Å².